The van der Waals surface area contributed by atoms with Gasteiger partial charge >= 0.3 is 5.97 Å². The number of esters is 1. The fourth-order valence-corrected chi connectivity index (χ4v) is 3.24. The van der Waals surface area contributed by atoms with Gasteiger partial charge in [-0.1, -0.05) is 25.8 Å². The maximum atomic E-state index is 12.5. The van der Waals surface area contributed by atoms with Crippen LogP contribution in [-0.4, -0.2) is 11.6 Å². The van der Waals surface area contributed by atoms with Crippen molar-refractivity contribution in [2.45, 2.75) is 77.7 Å². The summed E-state index contributed by atoms with van der Waals surface area (Å²) in [5.41, 5.74) is -0.658. The predicted molar refractivity (Wildman–Crippen MR) is 77.8 cm³/mol. The second-order valence-electron chi connectivity index (χ2n) is 6.86. The molecule has 0 aliphatic heterocycles. The number of carbonyl (C=O) groups excluding carboxylic acids is 1. The third-order valence-corrected chi connectivity index (χ3v) is 5.10. The molecule has 1 fully saturated rings. The molecule has 0 aromatic rings. The Balaban J connectivity index is 2.17. The molecule has 0 bridgehead atoms. The van der Waals surface area contributed by atoms with E-state index < -0.39 is 0 Å². The average Bonchev–Trinajstić information content (AvgIpc) is 2.94. The molecule has 0 amide bonds. The van der Waals surface area contributed by atoms with Crippen molar-refractivity contribution >= 4 is 5.97 Å². The van der Waals surface area contributed by atoms with E-state index in [0.717, 1.165) is 25.7 Å². The highest BCUT2D eigenvalue weighted by molar-refractivity contribution is 5.76. The lowest BCUT2D eigenvalue weighted by Gasteiger charge is -2.40. The summed E-state index contributed by atoms with van der Waals surface area (Å²) >= 11 is 0. The third kappa shape index (κ3) is 3.04. The molecule has 108 valence electrons. The van der Waals surface area contributed by atoms with Gasteiger partial charge in [-0.15, -0.1) is 0 Å². The van der Waals surface area contributed by atoms with E-state index in [1.165, 1.54) is 25.7 Å². The lowest BCUT2D eigenvalue weighted by molar-refractivity contribution is -0.172. The second kappa shape index (κ2) is 5.68. The minimum atomic E-state index is -0.364. The van der Waals surface area contributed by atoms with E-state index in [1.54, 1.807) is 0 Å². The van der Waals surface area contributed by atoms with Gasteiger partial charge in [0.1, 0.15) is 5.60 Å². The summed E-state index contributed by atoms with van der Waals surface area (Å²) in [6.45, 7) is 6.04. The van der Waals surface area contributed by atoms with Crippen LogP contribution in [0.25, 0.3) is 0 Å². The summed E-state index contributed by atoms with van der Waals surface area (Å²) in [5, 5.41) is 0. The van der Waals surface area contributed by atoms with Crippen LogP contribution in [0, 0.1) is 11.3 Å². The molecule has 19 heavy (non-hydrogen) atoms. The van der Waals surface area contributed by atoms with Gasteiger partial charge in [-0.05, 0) is 58.4 Å². The van der Waals surface area contributed by atoms with Crippen molar-refractivity contribution in [3.8, 4) is 0 Å². The number of ether oxygens (including phenoxy) is 1. The van der Waals surface area contributed by atoms with Gasteiger partial charge in [0.15, 0.2) is 0 Å². The maximum Gasteiger partial charge on any atom is 0.312 e. The Labute approximate surface area is 117 Å². The summed E-state index contributed by atoms with van der Waals surface area (Å²) in [6, 6.07) is 0. The van der Waals surface area contributed by atoms with E-state index in [4.69, 9.17) is 4.74 Å². The Hall–Kier alpha value is -0.790. The van der Waals surface area contributed by atoms with E-state index in [2.05, 4.69) is 19.1 Å². The second-order valence-corrected chi connectivity index (χ2v) is 6.86. The lowest BCUT2D eigenvalue weighted by atomic mass is 9.78. The van der Waals surface area contributed by atoms with Gasteiger partial charge in [-0.2, -0.15) is 0 Å². The zero-order valence-electron chi connectivity index (χ0n) is 12.7. The van der Waals surface area contributed by atoms with Crippen LogP contribution in [0.2, 0.25) is 0 Å². The number of carbonyl (C=O) groups is 1. The first kappa shape index (κ1) is 14.6. The van der Waals surface area contributed by atoms with Crippen LogP contribution in [0.3, 0.4) is 0 Å². The minimum Gasteiger partial charge on any atom is -0.454 e. The van der Waals surface area contributed by atoms with Gasteiger partial charge < -0.3 is 4.74 Å². The number of allylic oxidation sites excluding steroid dienone is 1. The van der Waals surface area contributed by atoms with Gasteiger partial charge in [0.2, 0.25) is 0 Å². The molecule has 1 unspecified atom stereocenters. The molecule has 0 N–H and O–H groups in total. The Kier molecular flexibility index (Phi) is 4.37. The normalized spacial score (nSPS) is 28.6. The maximum absolute atomic E-state index is 12.5. The van der Waals surface area contributed by atoms with Crippen LogP contribution in [0.5, 0.6) is 0 Å². The number of rotatable bonds is 4. The smallest absolute Gasteiger partial charge is 0.312 e. The van der Waals surface area contributed by atoms with Crippen molar-refractivity contribution < 1.29 is 9.53 Å². The summed E-state index contributed by atoms with van der Waals surface area (Å²) in [6.07, 6.45) is 13.5. The van der Waals surface area contributed by atoms with Crippen LogP contribution in [-0.2, 0) is 9.53 Å². The lowest BCUT2D eigenvalue weighted by Crippen LogP contribution is -2.44. The first-order valence-electron chi connectivity index (χ1n) is 7.91. The molecule has 2 aliphatic rings. The van der Waals surface area contributed by atoms with Crippen molar-refractivity contribution in [3.63, 3.8) is 0 Å². The van der Waals surface area contributed by atoms with Crippen molar-refractivity contribution in [1.29, 1.82) is 0 Å². The zero-order valence-corrected chi connectivity index (χ0v) is 12.7. The largest absolute Gasteiger partial charge is 0.454 e. The molecule has 1 saturated carbocycles. The zero-order chi connectivity index (χ0) is 13.9. The van der Waals surface area contributed by atoms with E-state index >= 15 is 0 Å². The molecule has 2 rings (SSSR count). The molecular formula is C17H28O2. The topological polar surface area (TPSA) is 26.3 Å². The molecule has 2 aliphatic carbocycles. The summed E-state index contributed by atoms with van der Waals surface area (Å²) < 4.78 is 6.09. The highest BCUT2D eigenvalue weighted by atomic mass is 16.6. The average molecular weight is 264 g/mol. The van der Waals surface area contributed by atoms with E-state index in [9.17, 15) is 4.79 Å². The summed E-state index contributed by atoms with van der Waals surface area (Å²) in [5.74, 6) is 0.522. The molecule has 1 atom stereocenters. The first-order valence-corrected chi connectivity index (χ1v) is 7.91. The Morgan fingerprint density at radius 2 is 2.00 bits per heavy atom. The van der Waals surface area contributed by atoms with Gasteiger partial charge in [0, 0.05) is 5.92 Å². The molecule has 0 saturated heterocycles. The van der Waals surface area contributed by atoms with Crippen molar-refractivity contribution in [1.82, 2.24) is 0 Å². The highest BCUT2D eigenvalue weighted by Crippen LogP contribution is 2.43. The fraction of sp³-hybridized carbons (Fsp3) is 0.824. The van der Waals surface area contributed by atoms with Gasteiger partial charge in [-0.3, -0.25) is 4.79 Å². The molecule has 0 aromatic heterocycles. The number of hydrogen-bond donors (Lipinski definition) is 0. The van der Waals surface area contributed by atoms with E-state index in [0.29, 0.717) is 5.92 Å². The molecule has 0 heterocycles. The Morgan fingerprint density at radius 1 is 1.32 bits per heavy atom. The van der Waals surface area contributed by atoms with Crippen molar-refractivity contribution in [2.75, 3.05) is 0 Å². The van der Waals surface area contributed by atoms with Gasteiger partial charge in [-0.25, -0.2) is 0 Å². The quantitative estimate of drug-likeness (QED) is 0.546. The molecule has 0 aromatic carbocycles. The molecular weight excluding hydrogens is 236 g/mol. The van der Waals surface area contributed by atoms with Crippen LogP contribution in [0.1, 0.15) is 72.1 Å². The van der Waals surface area contributed by atoms with Crippen LogP contribution in [0.4, 0.5) is 0 Å². The monoisotopic (exact) mass is 264 g/mol. The van der Waals surface area contributed by atoms with Crippen molar-refractivity contribution in [3.05, 3.63) is 12.2 Å². The van der Waals surface area contributed by atoms with Gasteiger partial charge in [0.05, 0.1) is 5.41 Å². The fourth-order valence-electron chi connectivity index (χ4n) is 3.24. The molecule has 0 radical (unpaired) electrons. The van der Waals surface area contributed by atoms with Crippen molar-refractivity contribution in [2.24, 2.45) is 11.3 Å². The standard InChI is InChI=1S/C17H28O2/c1-4-16(2,3)15(18)19-17(12-8-5-9-13-17)14-10-6-7-11-14/h8,12,14H,4-7,9-11,13H2,1-3H3. The minimum absolute atomic E-state index is 0.0200. The highest BCUT2D eigenvalue weighted by Gasteiger charge is 2.44. The van der Waals surface area contributed by atoms with Gasteiger partial charge in [0.25, 0.3) is 0 Å². The SMILES string of the molecule is CCC(C)(C)C(=O)OC1(C2CCCC2)C=CCCC1. The van der Waals surface area contributed by atoms with E-state index in [-0.39, 0.29) is 17.0 Å². The summed E-state index contributed by atoms with van der Waals surface area (Å²) in [4.78, 5) is 12.5. The molecule has 0 spiro atoms. The summed E-state index contributed by atoms with van der Waals surface area (Å²) in [7, 11) is 0. The third-order valence-electron chi connectivity index (χ3n) is 5.10. The first-order chi connectivity index (χ1) is 9.00. The van der Waals surface area contributed by atoms with Crippen LogP contribution < -0.4 is 0 Å². The Morgan fingerprint density at radius 3 is 2.53 bits per heavy atom. The molecule has 2 nitrogen and oxygen atoms in total. The van der Waals surface area contributed by atoms with E-state index in [1.807, 2.05) is 13.8 Å². The van der Waals surface area contributed by atoms with Crippen LogP contribution in [0.15, 0.2) is 12.2 Å². The number of hydrogen-bond acceptors (Lipinski definition) is 2. The predicted octanol–water partition coefficient (Wildman–Crippen LogP) is 4.63. The Bertz CT molecular complexity index is 350. The van der Waals surface area contributed by atoms with Crippen LogP contribution >= 0.6 is 0 Å². The molecule has 2 heteroatoms.